The summed E-state index contributed by atoms with van der Waals surface area (Å²) < 4.78 is 6.15. The number of likely N-dealkylation sites (N-methyl/N-ethyl adjacent to an activating group) is 1. The van der Waals surface area contributed by atoms with Crippen molar-refractivity contribution in [1.82, 2.24) is 20.4 Å². The van der Waals surface area contributed by atoms with Gasteiger partial charge in [0.2, 0.25) is 17.7 Å². The minimum Gasteiger partial charge on any atom is -0.488 e. The number of carbonyl (C=O) groups excluding carboxylic acids is 3. The van der Waals surface area contributed by atoms with Crippen molar-refractivity contribution in [2.24, 2.45) is 5.92 Å². The molecule has 4 rings (SSSR count). The number of amides is 3. The molecule has 2 bridgehead atoms. The smallest absolute Gasteiger partial charge is 0.247 e. The first kappa shape index (κ1) is 22.8. The third-order valence-electron chi connectivity index (χ3n) is 5.85. The molecule has 0 saturated carbocycles. The van der Waals surface area contributed by atoms with Gasteiger partial charge in [-0.15, -0.1) is 0 Å². The molecule has 3 amide bonds. The highest BCUT2D eigenvalue weighted by Crippen LogP contribution is 2.26. The molecule has 3 aliphatic heterocycles. The lowest BCUT2D eigenvalue weighted by Crippen LogP contribution is -2.58. The van der Waals surface area contributed by atoms with E-state index in [-0.39, 0.29) is 30.2 Å². The first-order valence-corrected chi connectivity index (χ1v) is 10.8. The molecule has 1 aromatic carbocycles. The quantitative estimate of drug-likeness (QED) is 0.753. The maximum atomic E-state index is 13.4. The molecule has 3 heterocycles. The topological polar surface area (TPSA) is 91.0 Å². The predicted molar refractivity (Wildman–Crippen MR) is 118 cm³/mol. The summed E-state index contributed by atoms with van der Waals surface area (Å²) in [5.74, 6) is -0.223. The van der Waals surface area contributed by atoms with Gasteiger partial charge in [-0.3, -0.25) is 14.4 Å². The van der Waals surface area contributed by atoms with Crippen LogP contribution in [0.1, 0.15) is 32.3 Å². The van der Waals surface area contributed by atoms with Crippen molar-refractivity contribution in [3.63, 3.8) is 0 Å². The van der Waals surface area contributed by atoms with E-state index in [0.717, 1.165) is 12.0 Å². The van der Waals surface area contributed by atoms with E-state index in [4.69, 9.17) is 4.74 Å². The second-order valence-electron chi connectivity index (χ2n) is 8.50. The summed E-state index contributed by atoms with van der Waals surface area (Å²) in [4.78, 5) is 42.4. The zero-order valence-corrected chi connectivity index (χ0v) is 18.6. The van der Waals surface area contributed by atoms with Crippen LogP contribution in [0, 0.1) is 5.92 Å². The van der Waals surface area contributed by atoms with E-state index in [2.05, 4.69) is 10.6 Å². The standard InChI is InChI=1S/C23H32N4O4/c1-5-15(2)20-22(29)24-12-10-16-6-8-17(9-7-16)31-18-11-13-27(19(28)14-26(3)4)21(18)23(30)25-20/h6-10,12,15,18,20-21H,5,11,13-14H2,1-4H3,(H,24,29)(H,25,30)/b12-10-/t15-,18?,20?,21-/m0/s1. The summed E-state index contributed by atoms with van der Waals surface area (Å²) in [6.07, 6.45) is 4.14. The molecule has 0 radical (unpaired) electrons. The van der Waals surface area contributed by atoms with E-state index in [9.17, 15) is 14.4 Å². The van der Waals surface area contributed by atoms with Crippen LogP contribution in [0.3, 0.4) is 0 Å². The molecule has 8 nitrogen and oxygen atoms in total. The predicted octanol–water partition coefficient (Wildman–Crippen LogP) is 1.23. The summed E-state index contributed by atoms with van der Waals surface area (Å²) in [6.45, 7) is 4.52. The Morgan fingerprint density at radius 1 is 1.23 bits per heavy atom. The molecule has 8 heteroatoms. The van der Waals surface area contributed by atoms with Crippen molar-refractivity contribution < 1.29 is 19.1 Å². The average Bonchev–Trinajstić information content (AvgIpc) is 3.15. The zero-order valence-electron chi connectivity index (χ0n) is 18.6. The number of nitrogens with one attached hydrogen (secondary N) is 2. The summed E-state index contributed by atoms with van der Waals surface area (Å²) in [6, 6.07) is 5.91. The molecular weight excluding hydrogens is 396 g/mol. The van der Waals surface area contributed by atoms with E-state index < -0.39 is 18.2 Å². The fourth-order valence-corrected chi connectivity index (χ4v) is 3.92. The number of hydrogen-bond acceptors (Lipinski definition) is 5. The molecule has 1 saturated heterocycles. The van der Waals surface area contributed by atoms with Crippen LogP contribution < -0.4 is 15.4 Å². The van der Waals surface area contributed by atoms with Gasteiger partial charge in [-0.1, -0.05) is 32.4 Å². The summed E-state index contributed by atoms with van der Waals surface area (Å²) in [5.41, 5.74) is 0.916. The van der Waals surface area contributed by atoms with Crippen molar-refractivity contribution in [3.8, 4) is 5.75 Å². The largest absolute Gasteiger partial charge is 0.488 e. The van der Waals surface area contributed by atoms with Gasteiger partial charge in [0.15, 0.2) is 0 Å². The third-order valence-corrected chi connectivity index (χ3v) is 5.85. The Balaban J connectivity index is 1.96. The number of nitrogens with zero attached hydrogens (tertiary/aromatic N) is 2. The van der Waals surface area contributed by atoms with Gasteiger partial charge in [-0.2, -0.15) is 0 Å². The molecule has 168 valence electrons. The van der Waals surface area contributed by atoms with Crippen LogP contribution in [0.25, 0.3) is 6.08 Å². The van der Waals surface area contributed by atoms with E-state index >= 15 is 0 Å². The molecule has 3 aliphatic rings. The Hall–Kier alpha value is -2.87. The van der Waals surface area contributed by atoms with Crippen LogP contribution >= 0.6 is 0 Å². The van der Waals surface area contributed by atoms with Gasteiger partial charge in [0.05, 0.1) is 6.54 Å². The van der Waals surface area contributed by atoms with E-state index in [1.54, 1.807) is 22.1 Å². The van der Waals surface area contributed by atoms with E-state index in [0.29, 0.717) is 18.7 Å². The van der Waals surface area contributed by atoms with Crippen molar-refractivity contribution in [3.05, 3.63) is 36.0 Å². The van der Waals surface area contributed by atoms with Gasteiger partial charge in [-0.05, 0) is 43.8 Å². The van der Waals surface area contributed by atoms with Gasteiger partial charge in [0, 0.05) is 19.2 Å². The fourth-order valence-electron chi connectivity index (χ4n) is 3.92. The second-order valence-corrected chi connectivity index (χ2v) is 8.50. The molecule has 31 heavy (non-hydrogen) atoms. The number of benzene rings is 1. The molecule has 0 aliphatic carbocycles. The fraction of sp³-hybridized carbons (Fsp3) is 0.522. The highest BCUT2D eigenvalue weighted by atomic mass is 16.5. The molecule has 0 spiro atoms. The van der Waals surface area contributed by atoms with Gasteiger partial charge >= 0.3 is 0 Å². The Morgan fingerprint density at radius 2 is 1.94 bits per heavy atom. The van der Waals surface area contributed by atoms with Gasteiger partial charge in [-0.25, -0.2) is 0 Å². The van der Waals surface area contributed by atoms with Gasteiger partial charge in [0.25, 0.3) is 0 Å². The Morgan fingerprint density at radius 3 is 2.58 bits per heavy atom. The number of ether oxygens (including phenoxy) is 1. The number of carbonyl (C=O) groups is 3. The maximum absolute atomic E-state index is 13.4. The molecule has 1 aromatic rings. The SMILES string of the molecule is CC[C@H](C)C1NC(=O)[C@@H]2C(CCN2C(=O)CN(C)C)Oc2ccc(cc2)/C=C\NC1=O. The lowest BCUT2D eigenvalue weighted by Gasteiger charge is -2.31. The van der Waals surface area contributed by atoms with Crippen LogP contribution in [0.4, 0.5) is 0 Å². The van der Waals surface area contributed by atoms with E-state index in [1.165, 1.54) is 0 Å². The number of rotatable bonds is 4. The van der Waals surface area contributed by atoms with Crippen molar-refractivity contribution >= 4 is 23.8 Å². The monoisotopic (exact) mass is 428 g/mol. The van der Waals surface area contributed by atoms with Crippen molar-refractivity contribution in [1.29, 1.82) is 0 Å². The molecule has 2 unspecified atom stereocenters. The summed E-state index contributed by atoms with van der Waals surface area (Å²) >= 11 is 0. The molecule has 4 atom stereocenters. The minimum atomic E-state index is -0.801. The number of hydrogen-bond donors (Lipinski definition) is 2. The Kier molecular flexibility index (Phi) is 7.33. The van der Waals surface area contributed by atoms with Crippen LogP contribution in [-0.2, 0) is 14.4 Å². The van der Waals surface area contributed by atoms with Gasteiger partial charge in [0.1, 0.15) is 23.9 Å². The third kappa shape index (κ3) is 5.44. The second kappa shape index (κ2) is 9.96. The van der Waals surface area contributed by atoms with Crippen LogP contribution in [0.2, 0.25) is 0 Å². The van der Waals surface area contributed by atoms with Gasteiger partial charge < -0.3 is 25.2 Å². The minimum absolute atomic E-state index is 0.0739. The average molecular weight is 429 g/mol. The Labute approximate surface area is 183 Å². The lowest BCUT2D eigenvalue weighted by atomic mass is 9.97. The normalized spacial score (nSPS) is 25.8. The van der Waals surface area contributed by atoms with Crippen molar-refractivity contribution in [2.45, 2.75) is 44.9 Å². The number of likely N-dealkylation sites (tertiary alicyclic amines) is 1. The summed E-state index contributed by atoms with van der Waals surface area (Å²) in [7, 11) is 3.63. The van der Waals surface area contributed by atoms with Crippen LogP contribution in [0.15, 0.2) is 30.5 Å². The zero-order chi connectivity index (χ0) is 22.5. The molecule has 0 aromatic heterocycles. The molecule has 2 N–H and O–H groups in total. The van der Waals surface area contributed by atoms with Crippen molar-refractivity contribution in [2.75, 3.05) is 27.2 Å². The molecular formula is C23H32N4O4. The maximum Gasteiger partial charge on any atom is 0.247 e. The first-order valence-electron chi connectivity index (χ1n) is 10.8. The summed E-state index contributed by atoms with van der Waals surface area (Å²) in [5, 5.41) is 5.68. The first-order chi connectivity index (χ1) is 14.8. The van der Waals surface area contributed by atoms with Crippen LogP contribution in [0.5, 0.6) is 5.75 Å². The number of fused-ring (bicyclic) bond motifs is 7. The van der Waals surface area contributed by atoms with Crippen LogP contribution in [-0.4, -0.2) is 72.9 Å². The molecule has 1 fully saturated rings. The van der Waals surface area contributed by atoms with E-state index in [1.807, 2.05) is 52.2 Å². The Bertz CT molecular complexity index is 836. The lowest BCUT2D eigenvalue weighted by molar-refractivity contribution is -0.142. The highest BCUT2D eigenvalue weighted by molar-refractivity contribution is 5.93. The highest BCUT2D eigenvalue weighted by Gasteiger charge is 2.44.